The van der Waals surface area contributed by atoms with Crippen LogP contribution in [0, 0.1) is 0 Å². The molecule has 0 unspecified atom stereocenters. The Hall–Kier alpha value is -2.45. The van der Waals surface area contributed by atoms with Crippen molar-refractivity contribution in [3.8, 4) is 16.9 Å². The van der Waals surface area contributed by atoms with Crippen LogP contribution >= 0.6 is 0 Å². The van der Waals surface area contributed by atoms with Crippen LogP contribution in [0.2, 0.25) is 0 Å². The van der Waals surface area contributed by atoms with Gasteiger partial charge < -0.3 is 5.11 Å². The normalized spacial score (nSPS) is 9.50. The van der Waals surface area contributed by atoms with Gasteiger partial charge in [0, 0.05) is 11.8 Å². The highest BCUT2D eigenvalue weighted by molar-refractivity contribution is 5.76. The van der Waals surface area contributed by atoms with Gasteiger partial charge in [0.15, 0.2) is 0 Å². The molecule has 0 radical (unpaired) electrons. The van der Waals surface area contributed by atoms with E-state index in [0.29, 0.717) is 5.69 Å². The second-order valence-electron chi connectivity index (χ2n) is 3.14. The number of aliphatic imine (C=N–C) groups is 1. The monoisotopic (exact) mass is 212 g/mol. The molecule has 0 atom stereocenters. The fourth-order valence-corrected chi connectivity index (χ4v) is 1.41. The zero-order chi connectivity index (χ0) is 11.4. The molecule has 0 fully saturated rings. The van der Waals surface area contributed by atoms with Crippen LogP contribution in [0.25, 0.3) is 11.1 Å². The van der Waals surface area contributed by atoms with Crippen molar-refractivity contribution < 1.29 is 9.90 Å². The summed E-state index contributed by atoms with van der Waals surface area (Å²) < 4.78 is 0. The second-order valence-corrected chi connectivity index (χ2v) is 3.14. The van der Waals surface area contributed by atoms with Crippen LogP contribution < -0.4 is 0 Å². The van der Waals surface area contributed by atoms with Crippen molar-refractivity contribution in [2.24, 2.45) is 4.99 Å². The highest BCUT2D eigenvalue weighted by Crippen LogP contribution is 2.29. The predicted molar refractivity (Wildman–Crippen MR) is 59.1 cm³/mol. The van der Waals surface area contributed by atoms with Gasteiger partial charge in [0.1, 0.15) is 11.4 Å². The molecule has 78 valence electrons. The van der Waals surface area contributed by atoms with Gasteiger partial charge >= 0.3 is 0 Å². The first-order chi connectivity index (χ1) is 7.81. The fourth-order valence-electron chi connectivity index (χ4n) is 1.41. The first kappa shape index (κ1) is 10.1. The minimum atomic E-state index is 0.193. The number of phenolic OH excluding ortho intramolecular Hbond substituents is 1. The first-order valence-corrected chi connectivity index (χ1v) is 4.62. The lowest BCUT2D eigenvalue weighted by Gasteiger charge is -2.03. The van der Waals surface area contributed by atoms with E-state index in [1.807, 2.05) is 0 Å². The summed E-state index contributed by atoms with van der Waals surface area (Å²) in [7, 11) is 0. The van der Waals surface area contributed by atoms with Crippen LogP contribution in [0.4, 0.5) is 5.69 Å². The van der Waals surface area contributed by atoms with E-state index in [0.717, 1.165) is 11.1 Å². The Morgan fingerprint density at radius 3 is 2.62 bits per heavy atom. The van der Waals surface area contributed by atoms with Gasteiger partial charge in [-0.25, -0.2) is 4.79 Å². The summed E-state index contributed by atoms with van der Waals surface area (Å²) in [6.45, 7) is 0. The van der Waals surface area contributed by atoms with Crippen molar-refractivity contribution in [2.45, 2.75) is 0 Å². The van der Waals surface area contributed by atoms with E-state index in [4.69, 9.17) is 0 Å². The van der Waals surface area contributed by atoms with Crippen LogP contribution in [0.3, 0.4) is 0 Å². The molecule has 1 aromatic carbocycles. The topological polar surface area (TPSA) is 62.5 Å². The highest BCUT2D eigenvalue weighted by atomic mass is 16.3. The molecule has 0 saturated heterocycles. The Bertz CT molecular complexity index is 543. The Morgan fingerprint density at radius 1 is 1.19 bits per heavy atom. The molecule has 0 aliphatic heterocycles. The Morgan fingerprint density at radius 2 is 1.94 bits per heavy atom. The fraction of sp³-hybridized carbons (Fsp3) is 0. The van der Waals surface area contributed by atoms with Crippen molar-refractivity contribution in [1.29, 1.82) is 0 Å². The van der Waals surface area contributed by atoms with Crippen molar-refractivity contribution in [3.63, 3.8) is 0 Å². The summed E-state index contributed by atoms with van der Waals surface area (Å²) >= 11 is 0. The third-order valence-electron chi connectivity index (χ3n) is 2.14. The average molecular weight is 212 g/mol. The van der Waals surface area contributed by atoms with E-state index in [2.05, 4.69) is 9.98 Å². The number of carbonyl (C=O) groups excluding carboxylic acids is 1. The lowest BCUT2D eigenvalue weighted by molar-refractivity contribution is 0.475. The molecule has 0 bridgehead atoms. The summed E-state index contributed by atoms with van der Waals surface area (Å²) in [5, 5.41) is 9.18. The lowest BCUT2D eigenvalue weighted by atomic mass is 10.1. The van der Waals surface area contributed by atoms with Crippen molar-refractivity contribution >= 4 is 11.8 Å². The number of aromatic hydroxyl groups is 1. The number of phenols is 1. The summed E-state index contributed by atoms with van der Waals surface area (Å²) in [5.41, 5.74) is 2.09. The van der Waals surface area contributed by atoms with E-state index < -0.39 is 0 Å². The standard InChI is InChI=1S/C12H8N2O2/c15-8-14-12-7-13-6-5-11(12)9-1-3-10(16)4-2-9/h1-7,16H. The SMILES string of the molecule is O=C=Nc1cnccc1-c1ccc(O)cc1. The molecule has 1 heterocycles. The molecule has 0 saturated carbocycles. The van der Waals surface area contributed by atoms with E-state index in [-0.39, 0.29) is 5.75 Å². The van der Waals surface area contributed by atoms with Crippen LogP contribution in [-0.2, 0) is 4.79 Å². The molecule has 2 rings (SSSR count). The minimum absolute atomic E-state index is 0.193. The summed E-state index contributed by atoms with van der Waals surface area (Å²) in [5.74, 6) is 0.193. The number of pyridine rings is 1. The Balaban J connectivity index is 2.55. The summed E-state index contributed by atoms with van der Waals surface area (Å²) in [4.78, 5) is 17.7. The zero-order valence-corrected chi connectivity index (χ0v) is 8.29. The van der Waals surface area contributed by atoms with Gasteiger partial charge in [-0.1, -0.05) is 12.1 Å². The molecule has 4 nitrogen and oxygen atoms in total. The largest absolute Gasteiger partial charge is 0.508 e. The minimum Gasteiger partial charge on any atom is -0.508 e. The van der Waals surface area contributed by atoms with E-state index in [1.54, 1.807) is 36.5 Å². The van der Waals surface area contributed by atoms with E-state index in [9.17, 15) is 9.90 Å². The summed E-state index contributed by atoms with van der Waals surface area (Å²) in [6.07, 6.45) is 4.60. The molecule has 0 amide bonds. The van der Waals surface area contributed by atoms with Crippen LogP contribution in [0.1, 0.15) is 0 Å². The number of rotatable bonds is 2. The number of hydrogen-bond acceptors (Lipinski definition) is 4. The third-order valence-corrected chi connectivity index (χ3v) is 2.14. The van der Waals surface area contributed by atoms with Crippen LogP contribution in [0.15, 0.2) is 47.7 Å². The van der Waals surface area contributed by atoms with Crippen molar-refractivity contribution in [3.05, 3.63) is 42.7 Å². The van der Waals surface area contributed by atoms with Gasteiger partial charge in [-0.05, 0) is 23.8 Å². The Labute approximate surface area is 91.9 Å². The molecule has 0 spiro atoms. The first-order valence-electron chi connectivity index (χ1n) is 4.62. The average Bonchev–Trinajstić information content (AvgIpc) is 2.32. The maximum atomic E-state index is 10.3. The van der Waals surface area contributed by atoms with Gasteiger partial charge in [-0.2, -0.15) is 4.99 Å². The van der Waals surface area contributed by atoms with Gasteiger partial charge in [0.05, 0.1) is 6.20 Å². The van der Waals surface area contributed by atoms with Gasteiger partial charge in [0.2, 0.25) is 6.08 Å². The molecule has 1 N–H and O–H groups in total. The maximum absolute atomic E-state index is 10.3. The molecule has 0 aliphatic carbocycles. The zero-order valence-electron chi connectivity index (χ0n) is 8.29. The van der Waals surface area contributed by atoms with Gasteiger partial charge in [-0.3, -0.25) is 4.98 Å². The number of isocyanates is 1. The Kier molecular flexibility index (Phi) is 2.76. The molecule has 0 aliphatic rings. The maximum Gasteiger partial charge on any atom is 0.240 e. The molecule has 2 aromatic rings. The van der Waals surface area contributed by atoms with Crippen LogP contribution in [-0.4, -0.2) is 16.2 Å². The van der Waals surface area contributed by atoms with Crippen LogP contribution in [0.5, 0.6) is 5.75 Å². The third kappa shape index (κ3) is 1.97. The van der Waals surface area contributed by atoms with Crippen molar-refractivity contribution in [2.75, 3.05) is 0 Å². The van der Waals surface area contributed by atoms with E-state index >= 15 is 0 Å². The number of aromatic nitrogens is 1. The summed E-state index contributed by atoms with van der Waals surface area (Å²) in [6, 6.07) is 8.39. The van der Waals surface area contributed by atoms with Crippen molar-refractivity contribution in [1.82, 2.24) is 4.98 Å². The van der Waals surface area contributed by atoms with Gasteiger partial charge in [-0.15, -0.1) is 0 Å². The molecule has 1 aromatic heterocycles. The lowest BCUT2D eigenvalue weighted by Crippen LogP contribution is -1.80. The van der Waals surface area contributed by atoms with E-state index in [1.165, 1.54) is 12.3 Å². The smallest absolute Gasteiger partial charge is 0.240 e. The second kappa shape index (κ2) is 4.38. The molecule has 16 heavy (non-hydrogen) atoms. The number of nitrogens with zero attached hydrogens (tertiary/aromatic N) is 2. The molecule has 4 heteroatoms. The predicted octanol–water partition coefficient (Wildman–Crippen LogP) is 2.42. The number of hydrogen-bond donors (Lipinski definition) is 1. The molecular weight excluding hydrogens is 204 g/mol. The highest BCUT2D eigenvalue weighted by Gasteiger charge is 2.03. The quantitative estimate of drug-likeness (QED) is 0.614. The molecular formula is C12H8N2O2. The van der Waals surface area contributed by atoms with Gasteiger partial charge in [0.25, 0.3) is 0 Å². The number of benzene rings is 1.